The summed E-state index contributed by atoms with van der Waals surface area (Å²) in [6.07, 6.45) is 2.80. The van der Waals surface area contributed by atoms with Crippen LogP contribution in [-0.4, -0.2) is 23.0 Å². The van der Waals surface area contributed by atoms with Crippen molar-refractivity contribution < 1.29 is 4.79 Å². The van der Waals surface area contributed by atoms with E-state index in [9.17, 15) is 4.79 Å². The minimum absolute atomic E-state index is 0. The molecule has 3 rings (SSSR count). The quantitative estimate of drug-likeness (QED) is 0.765. The van der Waals surface area contributed by atoms with Crippen molar-refractivity contribution in [3.8, 4) is 0 Å². The molecule has 2 aromatic rings. The van der Waals surface area contributed by atoms with Crippen LogP contribution >= 0.6 is 36.2 Å². The lowest BCUT2D eigenvalue weighted by Crippen LogP contribution is -2.34. The van der Waals surface area contributed by atoms with Crippen LogP contribution in [0.3, 0.4) is 0 Å². The van der Waals surface area contributed by atoms with Gasteiger partial charge in [0.1, 0.15) is 0 Å². The molecule has 1 aliphatic rings. The van der Waals surface area contributed by atoms with E-state index in [4.69, 9.17) is 11.5 Å². The van der Waals surface area contributed by atoms with Crippen molar-refractivity contribution in [2.75, 3.05) is 5.73 Å². The number of fused-ring (bicyclic) bond motifs is 1. The van der Waals surface area contributed by atoms with E-state index >= 15 is 0 Å². The zero-order valence-electron chi connectivity index (χ0n) is 12.2. The third-order valence-corrected chi connectivity index (χ3v) is 4.60. The number of nitrogens with one attached hydrogen (secondary N) is 1. The molecule has 5 N–H and O–H groups in total. The third-order valence-electron chi connectivity index (χ3n) is 3.77. The molecule has 0 saturated heterocycles. The maximum absolute atomic E-state index is 12.3. The monoisotopic (exact) mass is 362 g/mol. The number of hydrogen-bond donors (Lipinski definition) is 3. The summed E-state index contributed by atoms with van der Waals surface area (Å²) in [5, 5.41) is 3.59. The fraction of sp³-hybridized carbons (Fsp3) is 0.429. The molecule has 1 heterocycles. The van der Waals surface area contributed by atoms with Crippen LogP contribution in [0.25, 0.3) is 10.2 Å². The number of nitrogen functional groups attached to an aromatic ring is 1. The lowest BCUT2D eigenvalue weighted by molar-refractivity contribution is 0.0938. The Bertz CT molecular complexity index is 676. The van der Waals surface area contributed by atoms with Crippen molar-refractivity contribution in [1.82, 2.24) is 10.3 Å². The van der Waals surface area contributed by atoms with Crippen LogP contribution in [0.1, 0.15) is 35.2 Å². The number of rotatable bonds is 2. The molecule has 0 bridgehead atoms. The van der Waals surface area contributed by atoms with Crippen LogP contribution in [0.4, 0.5) is 5.13 Å². The van der Waals surface area contributed by atoms with E-state index in [-0.39, 0.29) is 42.8 Å². The Balaban J connectivity index is 0.00000121. The smallest absolute Gasteiger partial charge is 0.251 e. The molecule has 22 heavy (non-hydrogen) atoms. The normalized spacial score (nSPS) is 20.3. The first kappa shape index (κ1) is 19.0. The highest BCUT2D eigenvalue weighted by molar-refractivity contribution is 7.22. The fourth-order valence-electron chi connectivity index (χ4n) is 2.76. The lowest BCUT2D eigenvalue weighted by Gasteiger charge is -2.12. The number of anilines is 1. The second-order valence-electron chi connectivity index (χ2n) is 5.44. The number of carbonyl (C=O) groups excluding carboxylic acids is 1. The van der Waals surface area contributed by atoms with Gasteiger partial charge in [0.15, 0.2) is 5.13 Å². The van der Waals surface area contributed by atoms with Gasteiger partial charge in [-0.1, -0.05) is 11.3 Å². The number of aryl methyl sites for hydroxylation is 1. The molecule has 1 aromatic carbocycles. The summed E-state index contributed by atoms with van der Waals surface area (Å²) in [7, 11) is 0. The van der Waals surface area contributed by atoms with E-state index in [1.807, 2.05) is 19.1 Å². The van der Waals surface area contributed by atoms with E-state index in [0.29, 0.717) is 10.7 Å². The summed E-state index contributed by atoms with van der Waals surface area (Å²) < 4.78 is 0.954. The number of halogens is 2. The van der Waals surface area contributed by atoms with E-state index in [2.05, 4.69) is 10.3 Å². The molecule has 0 unspecified atom stereocenters. The molecule has 5 nitrogen and oxygen atoms in total. The highest BCUT2D eigenvalue weighted by atomic mass is 35.5. The molecular formula is C14H20Cl2N4OS. The van der Waals surface area contributed by atoms with Crippen LogP contribution in [-0.2, 0) is 0 Å². The van der Waals surface area contributed by atoms with Gasteiger partial charge in [-0.25, -0.2) is 4.98 Å². The second-order valence-corrected chi connectivity index (χ2v) is 6.50. The van der Waals surface area contributed by atoms with Crippen LogP contribution in [0, 0.1) is 6.92 Å². The fourth-order valence-corrected chi connectivity index (χ4v) is 3.61. The van der Waals surface area contributed by atoms with Gasteiger partial charge in [0.2, 0.25) is 0 Å². The Kier molecular flexibility index (Phi) is 6.43. The molecule has 8 heteroatoms. The van der Waals surface area contributed by atoms with Gasteiger partial charge in [0.05, 0.1) is 10.2 Å². The zero-order valence-corrected chi connectivity index (χ0v) is 14.6. The Labute approximate surface area is 145 Å². The zero-order chi connectivity index (χ0) is 14.3. The van der Waals surface area contributed by atoms with Crippen LogP contribution in [0.2, 0.25) is 0 Å². The summed E-state index contributed by atoms with van der Waals surface area (Å²) in [6.45, 7) is 1.95. The van der Waals surface area contributed by atoms with E-state index < -0.39 is 0 Å². The van der Waals surface area contributed by atoms with Crippen LogP contribution in [0.15, 0.2) is 12.1 Å². The van der Waals surface area contributed by atoms with Crippen molar-refractivity contribution in [3.05, 3.63) is 23.3 Å². The summed E-state index contributed by atoms with van der Waals surface area (Å²) in [5.74, 6) is -0.0407. The third kappa shape index (κ3) is 3.81. The van der Waals surface area contributed by atoms with Gasteiger partial charge in [-0.05, 0) is 43.9 Å². The molecule has 0 spiro atoms. The molecule has 1 amide bonds. The van der Waals surface area contributed by atoms with Crippen molar-refractivity contribution >= 4 is 57.4 Å². The van der Waals surface area contributed by atoms with Crippen molar-refractivity contribution in [2.45, 2.75) is 38.3 Å². The highest BCUT2D eigenvalue weighted by Gasteiger charge is 2.23. The Hall–Kier alpha value is -1.08. The summed E-state index contributed by atoms with van der Waals surface area (Å²) >= 11 is 1.41. The number of nitrogens with two attached hydrogens (primary N) is 2. The van der Waals surface area contributed by atoms with Crippen molar-refractivity contribution in [1.29, 1.82) is 0 Å². The predicted molar refractivity (Wildman–Crippen MR) is 96.3 cm³/mol. The maximum Gasteiger partial charge on any atom is 0.251 e. The number of carbonyl (C=O) groups is 1. The number of hydrogen-bond acceptors (Lipinski definition) is 5. The van der Waals surface area contributed by atoms with Crippen molar-refractivity contribution in [2.24, 2.45) is 5.73 Å². The number of benzene rings is 1. The van der Waals surface area contributed by atoms with Crippen LogP contribution < -0.4 is 16.8 Å². The average molecular weight is 363 g/mol. The van der Waals surface area contributed by atoms with Gasteiger partial charge < -0.3 is 16.8 Å². The summed E-state index contributed by atoms with van der Waals surface area (Å²) in [5.41, 5.74) is 14.1. The van der Waals surface area contributed by atoms with E-state index in [0.717, 1.165) is 35.0 Å². The molecule has 2 atom stereocenters. The standard InChI is InChI=1S/C14H18N4OS.2ClH/c1-7-4-8(5-11-12(7)18-14(16)20-11)13(19)17-10-3-2-9(15)6-10;;/h4-5,9-10H,2-3,6,15H2,1H3,(H2,16,18)(H,17,19);2*1H/t9-,10-;;/m1../s1. The van der Waals surface area contributed by atoms with Gasteiger partial charge in [0.25, 0.3) is 5.91 Å². The van der Waals surface area contributed by atoms with Gasteiger partial charge >= 0.3 is 0 Å². The number of nitrogens with zero attached hydrogens (tertiary/aromatic N) is 1. The Morgan fingerprint density at radius 3 is 2.73 bits per heavy atom. The van der Waals surface area contributed by atoms with E-state index in [1.54, 1.807) is 0 Å². The molecule has 1 aliphatic carbocycles. The van der Waals surface area contributed by atoms with E-state index in [1.165, 1.54) is 11.3 Å². The molecule has 0 radical (unpaired) electrons. The van der Waals surface area contributed by atoms with Gasteiger partial charge in [-0.3, -0.25) is 4.79 Å². The molecular weight excluding hydrogens is 343 g/mol. The lowest BCUT2D eigenvalue weighted by atomic mass is 10.1. The minimum atomic E-state index is -0.0407. The predicted octanol–water partition coefficient (Wildman–Crippen LogP) is 2.64. The van der Waals surface area contributed by atoms with Gasteiger partial charge in [-0.2, -0.15) is 0 Å². The summed E-state index contributed by atoms with van der Waals surface area (Å²) in [6, 6.07) is 4.14. The van der Waals surface area contributed by atoms with Crippen molar-refractivity contribution in [3.63, 3.8) is 0 Å². The Morgan fingerprint density at radius 1 is 1.36 bits per heavy atom. The minimum Gasteiger partial charge on any atom is -0.375 e. The molecule has 1 fully saturated rings. The highest BCUT2D eigenvalue weighted by Crippen LogP contribution is 2.28. The number of amides is 1. The maximum atomic E-state index is 12.3. The SMILES string of the molecule is Cc1cc(C(=O)N[C@@H]2CC[C@@H](N)C2)cc2sc(N)nc12.Cl.Cl. The second kappa shape index (κ2) is 7.46. The topological polar surface area (TPSA) is 94.0 Å². The number of aromatic nitrogens is 1. The first-order valence-corrected chi connectivity index (χ1v) is 7.57. The van der Waals surface area contributed by atoms with Crippen LogP contribution in [0.5, 0.6) is 0 Å². The Morgan fingerprint density at radius 2 is 2.09 bits per heavy atom. The van der Waals surface area contributed by atoms with Gasteiger partial charge in [0, 0.05) is 17.6 Å². The first-order valence-electron chi connectivity index (χ1n) is 6.76. The molecule has 1 aromatic heterocycles. The molecule has 1 saturated carbocycles. The number of thiazole rings is 1. The molecule has 0 aliphatic heterocycles. The van der Waals surface area contributed by atoms with Gasteiger partial charge in [-0.15, -0.1) is 24.8 Å². The summed E-state index contributed by atoms with van der Waals surface area (Å²) in [4.78, 5) is 16.6. The largest absolute Gasteiger partial charge is 0.375 e. The first-order chi connectivity index (χ1) is 9.52. The molecule has 122 valence electrons. The average Bonchev–Trinajstić information content (AvgIpc) is 2.95.